The lowest BCUT2D eigenvalue weighted by molar-refractivity contribution is -0.135. The zero-order valence-electron chi connectivity index (χ0n) is 10.5. The Morgan fingerprint density at radius 1 is 1.50 bits per heavy atom. The lowest BCUT2D eigenvalue weighted by Gasteiger charge is -2.17. The van der Waals surface area contributed by atoms with Gasteiger partial charge in [0.25, 0.3) is 0 Å². The monoisotopic (exact) mass is 250 g/mol. The molecule has 0 spiro atoms. The van der Waals surface area contributed by atoms with Gasteiger partial charge in [-0.15, -0.1) is 0 Å². The molecule has 5 nitrogen and oxygen atoms in total. The summed E-state index contributed by atoms with van der Waals surface area (Å²) < 4.78 is 10.9. The highest BCUT2D eigenvalue weighted by Gasteiger charge is 2.27. The summed E-state index contributed by atoms with van der Waals surface area (Å²) in [5.41, 5.74) is 0. The molecule has 0 saturated carbocycles. The van der Waals surface area contributed by atoms with Crippen molar-refractivity contribution in [1.29, 1.82) is 0 Å². The number of amides is 1. The van der Waals surface area contributed by atoms with E-state index in [0.717, 1.165) is 18.7 Å². The van der Waals surface area contributed by atoms with Crippen molar-refractivity contribution in [1.82, 2.24) is 9.88 Å². The molecule has 1 unspecified atom stereocenters. The van der Waals surface area contributed by atoms with Crippen LogP contribution in [-0.4, -0.2) is 48.2 Å². The van der Waals surface area contributed by atoms with Crippen LogP contribution in [0.1, 0.15) is 13.3 Å². The molecule has 1 aromatic heterocycles. The van der Waals surface area contributed by atoms with Crippen LogP contribution in [0.3, 0.4) is 0 Å². The molecule has 98 valence electrons. The maximum atomic E-state index is 11.7. The molecule has 5 heteroatoms. The summed E-state index contributed by atoms with van der Waals surface area (Å²) in [5, 5.41) is 0. The molecule has 2 heterocycles. The van der Waals surface area contributed by atoms with E-state index in [0.29, 0.717) is 13.2 Å². The fourth-order valence-corrected chi connectivity index (χ4v) is 1.94. The molecule has 1 aliphatic rings. The Labute approximate surface area is 107 Å². The maximum Gasteiger partial charge on any atom is 0.248 e. The van der Waals surface area contributed by atoms with Crippen LogP contribution >= 0.6 is 0 Å². The van der Waals surface area contributed by atoms with Gasteiger partial charge in [-0.2, -0.15) is 0 Å². The number of carbonyl (C=O) groups excluding carboxylic acids is 1. The van der Waals surface area contributed by atoms with Crippen molar-refractivity contribution in [2.75, 3.05) is 26.3 Å². The summed E-state index contributed by atoms with van der Waals surface area (Å²) in [6.45, 7) is 3.98. The van der Waals surface area contributed by atoms with Gasteiger partial charge in [0.2, 0.25) is 5.91 Å². The zero-order chi connectivity index (χ0) is 12.8. The Morgan fingerprint density at radius 3 is 3.00 bits per heavy atom. The van der Waals surface area contributed by atoms with Crippen LogP contribution in [0.4, 0.5) is 0 Å². The van der Waals surface area contributed by atoms with Crippen LogP contribution in [0.25, 0.3) is 0 Å². The van der Waals surface area contributed by atoms with Gasteiger partial charge in [-0.25, -0.2) is 0 Å². The molecule has 2 rings (SSSR count). The second-order valence-electron chi connectivity index (χ2n) is 4.19. The summed E-state index contributed by atoms with van der Waals surface area (Å²) >= 11 is 0. The van der Waals surface area contributed by atoms with Gasteiger partial charge in [-0.05, 0) is 19.1 Å². The van der Waals surface area contributed by atoms with Gasteiger partial charge in [0.15, 0.2) is 0 Å². The fraction of sp³-hybridized carbons (Fsp3) is 0.538. The number of hydrogen-bond donors (Lipinski definition) is 0. The molecule has 1 aromatic rings. The summed E-state index contributed by atoms with van der Waals surface area (Å²) in [7, 11) is 0. The summed E-state index contributed by atoms with van der Waals surface area (Å²) in [4.78, 5) is 17.5. The van der Waals surface area contributed by atoms with Crippen LogP contribution in [0.2, 0.25) is 0 Å². The third-order valence-corrected chi connectivity index (χ3v) is 2.88. The molecule has 1 fully saturated rings. The van der Waals surface area contributed by atoms with Gasteiger partial charge in [0, 0.05) is 32.0 Å². The summed E-state index contributed by atoms with van der Waals surface area (Å²) in [6, 6.07) is 3.65. The number of pyridine rings is 1. The number of carbonyl (C=O) groups is 1. The molecule has 1 saturated heterocycles. The highest BCUT2D eigenvalue weighted by molar-refractivity contribution is 5.77. The standard InChI is InChI=1S/C13H18N2O3/c1-2-17-10-13(16)15-8-5-12(9-15)18-11-3-6-14-7-4-11/h3-4,6-7,12H,2,5,8-10H2,1H3. The Kier molecular flexibility index (Phi) is 4.52. The maximum absolute atomic E-state index is 11.7. The normalized spacial score (nSPS) is 18.9. The third-order valence-electron chi connectivity index (χ3n) is 2.88. The van der Waals surface area contributed by atoms with E-state index in [1.807, 2.05) is 19.1 Å². The van der Waals surface area contributed by atoms with Gasteiger partial charge in [-0.1, -0.05) is 0 Å². The molecule has 0 aromatic carbocycles. The van der Waals surface area contributed by atoms with E-state index in [1.54, 1.807) is 17.3 Å². The van der Waals surface area contributed by atoms with Crippen molar-refractivity contribution in [3.05, 3.63) is 24.5 Å². The highest BCUT2D eigenvalue weighted by Crippen LogP contribution is 2.17. The van der Waals surface area contributed by atoms with Crippen molar-refractivity contribution in [3.8, 4) is 5.75 Å². The molecule has 1 atom stereocenters. The van der Waals surface area contributed by atoms with Crippen LogP contribution in [0.5, 0.6) is 5.75 Å². The van der Waals surface area contributed by atoms with Crippen molar-refractivity contribution >= 4 is 5.91 Å². The van der Waals surface area contributed by atoms with Crippen molar-refractivity contribution in [3.63, 3.8) is 0 Å². The van der Waals surface area contributed by atoms with E-state index in [1.165, 1.54) is 0 Å². The number of ether oxygens (including phenoxy) is 2. The van der Waals surface area contributed by atoms with E-state index in [-0.39, 0.29) is 18.6 Å². The molecule has 0 bridgehead atoms. The third kappa shape index (κ3) is 3.43. The van der Waals surface area contributed by atoms with Gasteiger partial charge >= 0.3 is 0 Å². The predicted octanol–water partition coefficient (Wildman–Crippen LogP) is 1.10. The first kappa shape index (κ1) is 12.8. The largest absolute Gasteiger partial charge is 0.488 e. The molecule has 18 heavy (non-hydrogen) atoms. The van der Waals surface area contributed by atoms with Crippen molar-refractivity contribution < 1.29 is 14.3 Å². The fourth-order valence-electron chi connectivity index (χ4n) is 1.94. The Bertz CT molecular complexity index is 383. The lowest BCUT2D eigenvalue weighted by Crippen LogP contribution is -2.33. The predicted molar refractivity (Wildman–Crippen MR) is 66.3 cm³/mol. The van der Waals surface area contributed by atoms with Crippen LogP contribution < -0.4 is 4.74 Å². The molecule has 0 radical (unpaired) electrons. The van der Waals surface area contributed by atoms with Gasteiger partial charge in [0.05, 0.1) is 6.54 Å². The minimum atomic E-state index is 0.0395. The van der Waals surface area contributed by atoms with E-state index < -0.39 is 0 Å². The smallest absolute Gasteiger partial charge is 0.248 e. The Morgan fingerprint density at radius 2 is 2.28 bits per heavy atom. The molecule has 1 aliphatic heterocycles. The van der Waals surface area contributed by atoms with Crippen LogP contribution in [0, 0.1) is 0 Å². The Balaban J connectivity index is 1.80. The summed E-state index contributed by atoms with van der Waals surface area (Å²) in [6.07, 6.45) is 4.32. The minimum absolute atomic E-state index is 0.0395. The number of rotatable bonds is 5. The van der Waals surface area contributed by atoms with E-state index in [4.69, 9.17) is 9.47 Å². The van der Waals surface area contributed by atoms with E-state index in [2.05, 4.69) is 4.98 Å². The molecule has 1 amide bonds. The average Bonchev–Trinajstić information content (AvgIpc) is 2.86. The molecular formula is C13H18N2O3. The second kappa shape index (κ2) is 6.35. The average molecular weight is 250 g/mol. The van der Waals surface area contributed by atoms with Gasteiger partial charge in [-0.3, -0.25) is 9.78 Å². The first-order valence-corrected chi connectivity index (χ1v) is 6.21. The second-order valence-corrected chi connectivity index (χ2v) is 4.19. The van der Waals surface area contributed by atoms with Crippen LogP contribution in [0.15, 0.2) is 24.5 Å². The molecule has 0 N–H and O–H groups in total. The van der Waals surface area contributed by atoms with E-state index in [9.17, 15) is 4.79 Å². The Hall–Kier alpha value is -1.62. The molecule has 0 aliphatic carbocycles. The first-order valence-electron chi connectivity index (χ1n) is 6.21. The minimum Gasteiger partial charge on any atom is -0.488 e. The van der Waals surface area contributed by atoms with Crippen molar-refractivity contribution in [2.24, 2.45) is 0 Å². The van der Waals surface area contributed by atoms with Gasteiger partial charge < -0.3 is 14.4 Å². The van der Waals surface area contributed by atoms with E-state index >= 15 is 0 Å². The topological polar surface area (TPSA) is 51.7 Å². The molecular weight excluding hydrogens is 232 g/mol. The highest BCUT2D eigenvalue weighted by atomic mass is 16.5. The lowest BCUT2D eigenvalue weighted by atomic mass is 10.3. The first-order chi connectivity index (χ1) is 8.79. The number of nitrogens with zero attached hydrogens (tertiary/aromatic N) is 2. The van der Waals surface area contributed by atoms with Crippen LogP contribution in [-0.2, 0) is 9.53 Å². The number of hydrogen-bond acceptors (Lipinski definition) is 4. The zero-order valence-corrected chi connectivity index (χ0v) is 10.5. The summed E-state index contributed by atoms with van der Waals surface area (Å²) in [5.74, 6) is 0.840. The van der Waals surface area contributed by atoms with Gasteiger partial charge in [0.1, 0.15) is 18.5 Å². The number of aromatic nitrogens is 1. The number of likely N-dealkylation sites (tertiary alicyclic amines) is 1. The van der Waals surface area contributed by atoms with Crippen molar-refractivity contribution in [2.45, 2.75) is 19.4 Å². The SMILES string of the molecule is CCOCC(=O)N1CCC(Oc2ccncc2)C1. The quantitative estimate of drug-likeness (QED) is 0.785.